The third kappa shape index (κ3) is 1.89. The number of halogens is 2. The van der Waals surface area contributed by atoms with E-state index in [1.807, 2.05) is 36.0 Å². The minimum Gasteiger partial charge on any atom is -0.335 e. The molecule has 0 saturated carbocycles. The molecule has 0 aliphatic carbocycles. The van der Waals surface area contributed by atoms with E-state index in [9.17, 15) is 0 Å². The largest absolute Gasteiger partial charge is 0.335 e. The molecule has 0 saturated heterocycles. The number of nitrogens with zero attached hydrogens (tertiary/aromatic N) is 4. The van der Waals surface area contributed by atoms with Crippen LogP contribution in [-0.2, 0) is 7.05 Å². The van der Waals surface area contributed by atoms with Gasteiger partial charge in [-0.25, -0.2) is 9.97 Å². The van der Waals surface area contributed by atoms with Crippen LogP contribution in [0, 0.1) is 0 Å². The fourth-order valence-electron chi connectivity index (χ4n) is 2.40. The lowest BCUT2D eigenvalue weighted by atomic mass is 10.2. The Hall–Kier alpha value is -2.11. The molecule has 0 atom stereocenters. The summed E-state index contributed by atoms with van der Waals surface area (Å²) in [5.74, 6) is 0.646. The number of hydrogen-bond donors (Lipinski definition) is 1. The summed E-state index contributed by atoms with van der Waals surface area (Å²) in [4.78, 5) is 11.8. The summed E-state index contributed by atoms with van der Waals surface area (Å²) in [6.45, 7) is 0. The van der Waals surface area contributed by atoms with E-state index in [2.05, 4.69) is 20.1 Å². The molecule has 0 aliphatic rings. The Morgan fingerprint density at radius 1 is 1.14 bits per heavy atom. The quantitative estimate of drug-likeness (QED) is 0.543. The van der Waals surface area contributed by atoms with Crippen LogP contribution in [0.15, 0.2) is 30.3 Å². The van der Waals surface area contributed by atoms with Crippen molar-refractivity contribution in [2.24, 2.45) is 7.05 Å². The highest BCUT2D eigenvalue weighted by Gasteiger charge is 2.15. The molecule has 104 valence electrons. The van der Waals surface area contributed by atoms with Crippen LogP contribution in [0.4, 0.5) is 0 Å². The molecule has 3 heterocycles. The molecule has 5 nitrogen and oxygen atoms in total. The molecule has 0 aliphatic heterocycles. The Morgan fingerprint density at radius 3 is 2.81 bits per heavy atom. The average molecular weight is 318 g/mol. The van der Waals surface area contributed by atoms with Gasteiger partial charge in [-0.2, -0.15) is 5.10 Å². The number of aromatic nitrogens is 5. The zero-order valence-corrected chi connectivity index (χ0v) is 12.4. The number of para-hydroxylation sites is 1. The summed E-state index contributed by atoms with van der Waals surface area (Å²) in [5, 5.41) is 6.19. The molecule has 0 spiro atoms. The van der Waals surface area contributed by atoms with Gasteiger partial charge < -0.3 is 4.98 Å². The van der Waals surface area contributed by atoms with Crippen molar-refractivity contribution in [2.45, 2.75) is 0 Å². The van der Waals surface area contributed by atoms with E-state index in [0.29, 0.717) is 16.5 Å². The SMILES string of the molecule is Cn1nc(-c2nc3nc(Cl)c(Cl)cc3[nH]2)c2ccccc21. The molecule has 0 radical (unpaired) electrons. The van der Waals surface area contributed by atoms with Gasteiger partial charge in [-0.1, -0.05) is 41.4 Å². The monoisotopic (exact) mass is 317 g/mol. The van der Waals surface area contributed by atoms with Gasteiger partial charge in [0.2, 0.25) is 0 Å². The topological polar surface area (TPSA) is 59.4 Å². The summed E-state index contributed by atoms with van der Waals surface area (Å²) >= 11 is 11.9. The van der Waals surface area contributed by atoms with Crippen molar-refractivity contribution in [1.82, 2.24) is 24.7 Å². The van der Waals surface area contributed by atoms with Gasteiger partial charge in [0.1, 0.15) is 10.8 Å². The van der Waals surface area contributed by atoms with Crippen LogP contribution in [0.2, 0.25) is 10.2 Å². The molecule has 7 heteroatoms. The van der Waals surface area contributed by atoms with Gasteiger partial charge in [-0.05, 0) is 12.1 Å². The molecule has 3 aromatic heterocycles. The maximum Gasteiger partial charge on any atom is 0.179 e. The average Bonchev–Trinajstić information content (AvgIpc) is 3.01. The van der Waals surface area contributed by atoms with Crippen LogP contribution in [0.1, 0.15) is 0 Å². The Morgan fingerprint density at radius 2 is 1.95 bits per heavy atom. The van der Waals surface area contributed by atoms with Crippen molar-refractivity contribution in [1.29, 1.82) is 0 Å². The van der Waals surface area contributed by atoms with Gasteiger partial charge in [0, 0.05) is 12.4 Å². The normalized spacial score (nSPS) is 11.6. The zero-order valence-electron chi connectivity index (χ0n) is 10.9. The van der Waals surface area contributed by atoms with Crippen LogP contribution in [0.3, 0.4) is 0 Å². The Kier molecular flexibility index (Phi) is 2.67. The second kappa shape index (κ2) is 4.44. The predicted molar refractivity (Wildman–Crippen MR) is 83.6 cm³/mol. The Labute approximate surface area is 129 Å². The maximum absolute atomic E-state index is 5.98. The first-order valence-electron chi connectivity index (χ1n) is 6.27. The van der Waals surface area contributed by atoms with Crippen molar-refractivity contribution in [3.8, 4) is 11.5 Å². The molecular formula is C14H9Cl2N5. The van der Waals surface area contributed by atoms with Gasteiger partial charge >= 0.3 is 0 Å². The molecule has 0 amide bonds. The smallest absolute Gasteiger partial charge is 0.179 e. The molecule has 1 N–H and O–H groups in total. The predicted octanol–water partition coefficient (Wildman–Crippen LogP) is 3.82. The first-order valence-corrected chi connectivity index (χ1v) is 7.03. The number of pyridine rings is 1. The number of nitrogens with one attached hydrogen (secondary N) is 1. The van der Waals surface area contributed by atoms with Gasteiger partial charge in [0.05, 0.1) is 16.1 Å². The number of rotatable bonds is 1. The second-order valence-corrected chi connectivity index (χ2v) is 5.47. The van der Waals surface area contributed by atoms with Crippen LogP contribution >= 0.6 is 23.2 Å². The number of aryl methyl sites for hydroxylation is 1. The number of H-pyrrole nitrogens is 1. The highest BCUT2D eigenvalue weighted by Crippen LogP contribution is 2.29. The molecule has 1 aromatic carbocycles. The number of fused-ring (bicyclic) bond motifs is 2. The van der Waals surface area contributed by atoms with E-state index in [0.717, 1.165) is 22.1 Å². The highest BCUT2D eigenvalue weighted by atomic mass is 35.5. The lowest BCUT2D eigenvalue weighted by Crippen LogP contribution is -1.90. The number of hydrogen-bond acceptors (Lipinski definition) is 3. The lowest BCUT2D eigenvalue weighted by molar-refractivity contribution is 0.798. The van der Waals surface area contributed by atoms with E-state index in [-0.39, 0.29) is 5.15 Å². The van der Waals surface area contributed by atoms with Gasteiger partial charge in [0.25, 0.3) is 0 Å². The van der Waals surface area contributed by atoms with E-state index in [1.54, 1.807) is 6.07 Å². The summed E-state index contributed by atoms with van der Waals surface area (Å²) in [6.07, 6.45) is 0. The maximum atomic E-state index is 5.98. The minimum atomic E-state index is 0.244. The van der Waals surface area contributed by atoms with Crippen molar-refractivity contribution >= 4 is 45.3 Å². The van der Waals surface area contributed by atoms with E-state index >= 15 is 0 Å². The molecule has 21 heavy (non-hydrogen) atoms. The van der Waals surface area contributed by atoms with Crippen molar-refractivity contribution in [2.75, 3.05) is 0 Å². The molecule has 4 rings (SSSR count). The van der Waals surface area contributed by atoms with E-state index < -0.39 is 0 Å². The van der Waals surface area contributed by atoms with E-state index in [4.69, 9.17) is 23.2 Å². The Bertz CT molecular complexity index is 947. The summed E-state index contributed by atoms with van der Waals surface area (Å²) < 4.78 is 1.82. The lowest BCUT2D eigenvalue weighted by Gasteiger charge is -1.92. The standard InChI is InChI=1S/C14H9Cl2N5/c1-21-10-5-3-2-4-7(10)11(20-21)14-17-9-6-8(15)12(16)18-13(9)19-14/h2-6H,1H3,(H,17,18,19). The van der Waals surface area contributed by atoms with Gasteiger partial charge in [-0.15, -0.1) is 0 Å². The third-order valence-electron chi connectivity index (χ3n) is 3.37. The number of imidazole rings is 1. The van der Waals surface area contributed by atoms with Crippen molar-refractivity contribution in [3.05, 3.63) is 40.5 Å². The number of benzene rings is 1. The fourth-order valence-corrected chi connectivity index (χ4v) is 2.68. The second-order valence-electron chi connectivity index (χ2n) is 4.71. The van der Waals surface area contributed by atoms with E-state index in [1.165, 1.54) is 0 Å². The third-order valence-corrected chi connectivity index (χ3v) is 4.04. The molecule has 0 unspecified atom stereocenters. The molecule has 0 bridgehead atoms. The van der Waals surface area contributed by atoms with Crippen LogP contribution < -0.4 is 0 Å². The van der Waals surface area contributed by atoms with Crippen LogP contribution in [0.25, 0.3) is 33.6 Å². The van der Waals surface area contributed by atoms with Crippen LogP contribution in [0.5, 0.6) is 0 Å². The fraction of sp³-hybridized carbons (Fsp3) is 0.0714. The first kappa shape index (κ1) is 12.6. The summed E-state index contributed by atoms with van der Waals surface area (Å²) in [6, 6.07) is 9.70. The Balaban J connectivity index is 2.00. The number of aromatic amines is 1. The summed E-state index contributed by atoms with van der Waals surface area (Å²) in [7, 11) is 1.90. The first-order chi connectivity index (χ1) is 10.1. The summed E-state index contributed by atoms with van der Waals surface area (Å²) in [5.41, 5.74) is 3.07. The minimum absolute atomic E-state index is 0.244. The molecule has 0 fully saturated rings. The molecule has 4 aromatic rings. The molecular weight excluding hydrogens is 309 g/mol. The highest BCUT2D eigenvalue weighted by molar-refractivity contribution is 6.41. The van der Waals surface area contributed by atoms with Gasteiger partial charge in [0.15, 0.2) is 11.5 Å². The van der Waals surface area contributed by atoms with Crippen molar-refractivity contribution < 1.29 is 0 Å². The van der Waals surface area contributed by atoms with Crippen molar-refractivity contribution in [3.63, 3.8) is 0 Å². The zero-order chi connectivity index (χ0) is 14.6. The van der Waals surface area contributed by atoms with Crippen LogP contribution in [-0.4, -0.2) is 24.7 Å². The van der Waals surface area contributed by atoms with Gasteiger partial charge in [-0.3, -0.25) is 4.68 Å².